The number of nitrogens with one attached hydrogen (secondary N) is 3. The van der Waals surface area contributed by atoms with Crippen molar-refractivity contribution < 1.29 is 30.6 Å². The van der Waals surface area contributed by atoms with Gasteiger partial charge in [0, 0.05) is 30.8 Å². The average molecular weight is 669 g/mol. The number of sulfonamides is 1. The number of thiazole rings is 1. The van der Waals surface area contributed by atoms with E-state index in [1.807, 2.05) is 37.3 Å². The predicted octanol–water partition coefficient (Wildman–Crippen LogP) is 6.36. The van der Waals surface area contributed by atoms with Crippen molar-refractivity contribution in [1.82, 2.24) is 20.3 Å². The van der Waals surface area contributed by atoms with Gasteiger partial charge in [-0.1, -0.05) is 30.2 Å². The quantitative estimate of drug-likeness (QED) is 0.157. The van der Waals surface area contributed by atoms with Gasteiger partial charge in [0.05, 0.1) is 27.0 Å². The molecule has 0 unspecified atom stereocenters. The molecule has 3 N–H and O–H groups in total. The summed E-state index contributed by atoms with van der Waals surface area (Å²) >= 11 is 1.29. The molecule has 0 spiro atoms. The lowest BCUT2D eigenvalue weighted by Gasteiger charge is -2.24. The first kappa shape index (κ1) is 33.0. The van der Waals surface area contributed by atoms with E-state index in [1.54, 1.807) is 6.07 Å². The first-order valence-electron chi connectivity index (χ1n) is 13.1. The van der Waals surface area contributed by atoms with Gasteiger partial charge in [0.15, 0.2) is 5.82 Å². The monoisotopic (exact) mass is 668 g/mol. The normalized spacial score (nSPS) is 12.2. The maximum Gasteiger partial charge on any atom is 0.417 e. The van der Waals surface area contributed by atoms with Crippen molar-refractivity contribution in [2.75, 3.05) is 41.9 Å². The zero-order valence-corrected chi connectivity index (χ0v) is 26.9. The third-order valence-corrected chi connectivity index (χ3v) is 9.12. The first-order valence-corrected chi connectivity index (χ1v) is 18.2. The molecule has 2 aromatic heterocycles. The van der Waals surface area contributed by atoms with Gasteiger partial charge >= 0.3 is 6.09 Å². The first-order chi connectivity index (χ1) is 20.6. The highest BCUT2D eigenvalue weighted by Crippen LogP contribution is 2.41. The van der Waals surface area contributed by atoms with Crippen LogP contribution in [0.5, 0.6) is 0 Å². The van der Waals surface area contributed by atoms with Crippen molar-refractivity contribution in [3.05, 3.63) is 71.1 Å². The average Bonchev–Trinajstić information content (AvgIpc) is 3.38. The van der Waals surface area contributed by atoms with Gasteiger partial charge in [-0.2, -0.15) is 0 Å². The second-order valence-electron chi connectivity index (χ2n) is 10.4. The molecule has 236 valence electrons. The van der Waals surface area contributed by atoms with Crippen molar-refractivity contribution in [1.29, 1.82) is 0 Å². The van der Waals surface area contributed by atoms with Crippen molar-refractivity contribution in [3.8, 4) is 21.8 Å². The van der Waals surface area contributed by atoms with Crippen molar-refractivity contribution in [2.24, 2.45) is 0 Å². The highest BCUT2D eigenvalue weighted by atomic mass is 32.3. The number of anilines is 2. The van der Waals surface area contributed by atoms with Gasteiger partial charge in [-0.05, 0) is 55.2 Å². The second-order valence-corrected chi connectivity index (χ2v) is 16.7. The summed E-state index contributed by atoms with van der Waals surface area (Å²) in [5.41, 5.74) is 0.144. The number of halogens is 3. The van der Waals surface area contributed by atoms with Crippen LogP contribution in [-0.4, -0.2) is 61.3 Å². The molecule has 2 heterocycles. The Morgan fingerprint density at radius 1 is 1.02 bits per heavy atom. The van der Waals surface area contributed by atoms with Gasteiger partial charge in [0.2, 0.25) is 5.95 Å². The smallest absolute Gasteiger partial charge is 0.400 e. The molecule has 0 aliphatic heterocycles. The number of carbonyl (C=O) groups is 1. The van der Waals surface area contributed by atoms with Crippen LogP contribution in [-0.2, 0) is 14.2 Å². The molecule has 0 radical (unpaired) electrons. The number of hydrogen-bond acceptors (Lipinski definition) is 9. The topological polar surface area (TPSA) is 135 Å². The highest BCUT2D eigenvalue weighted by molar-refractivity contribution is 8.28. The summed E-state index contributed by atoms with van der Waals surface area (Å²) in [5.74, 6) is -2.88. The fraction of sp³-hybridized carbons (Fsp3) is 0.286. The van der Waals surface area contributed by atoms with Gasteiger partial charge in [-0.15, -0.1) is 11.3 Å². The molecule has 2 aromatic carbocycles. The number of hydrogen-bond donors (Lipinski definition) is 3. The van der Waals surface area contributed by atoms with E-state index in [0.717, 1.165) is 6.07 Å². The second kappa shape index (κ2) is 13.4. The summed E-state index contributed by atoms with van der Waals surface area (Å²) in [6.45, 7) is 4.39. The summed E-state index contributed by atoms with van der Waals surface area (Å²) in [6.07, 6.45) is 6.53. The fourth-order valence-corrected chi connectivity index (χ4v) is 6.50. The van der Waals surface area contributed by atoms with E-state index in [2.05, 4.69) is 25.6 Å². The summed E-state index contributed by atoms with van der Waals surface area (Å²) in [4.78, 5) is 24.8. The van der Waals surface area contributed by atoms with Crippen LogP contribution < -0.4 is 15.4 Å². The maximum atomic E-state index is 15.9. The summed E-state index contributed by atoms with van der Waals surface area (Å²) in [7, 11) is -6.14. The molecule has 4 aromatic rings. The van der Waals surface area contributed by atoms with E-state index in [9.17, 15) is 22.0 Å². The minimum Gasteiger partial charge on any atom is -0.400 e. The molecular weight excluding hydrogens is 638 g/mol. The zero-order valence-electron chi connectivity index (χ0n) is 24.4. The van der Waals surface area contributed by atoms with Crippen LogP contribution in [0.1, 0.15) is 24.8 Å². The standard InChI is InChI=1S/C28H31F3N6O4S3/c1-16(2)26-36-24(18-7-6-8-20(23(18)31)37-44(39,40)22-15-17(29)9-10-19(22)30)25(42-26)21-11-12-32-27(35-21)33-13-14-34-28(38)41-43(3,4)5/h6-12,15-16,37H,13-14H2,1-5H3,(H,34,38)(H,32,33,35). The van der Waals surface area contributed by atoms with Gasteiger partial charge in [-0.3, -0.25) is 4.72 Å². The third-order valence-electron chi connectivity index (χ3n) is 5.71. The van der Waals surface area contributed by atoms with Gasteiger partial charge in [0.25, 0.3) is 10.0 Å². The molecule has 0 bridgehead atoms. The minimum atomic E-state index is -4.67. The van der Waals surface area contributed by atoms with Crippen molar-refractivity contribution in [2.45, 2.75) is 24.7 Å². The van der Waals surface area contributed by atoms with Crippen LogP contribution in [0.4, 0.5) is 29.6 Å². The number of carbonyl (C=O) groups excluding carboxylic acids is 1. The Kier molecular flexibility index (Phi) is 10.1. The SMILES string of the molecule is CC(C)c1nc(-c2cccc(NS(=O)(=O)c3cc(F)ccc3F)c2F)c(-c2ccnc(NCCNC(=O)OS(C)(C)C)n2)s1. The zero-order chi connectivity index (χ0) is 32.2. The van der Waals surface area contributed by atoms with Gasteiger partial charge in [-0.25, -0.2) is 41.3 Å². The van der Waals surface area contributed by atoms with Crippen LogP contribution in [0.2, 0.25) is 0 Å². The molecule has 4 rings (SSSR count). The van der Waals surface area contributed by atoms with Crippen LogP contribution in [0.15, 0.2) is 53.6 Å². The molecule has 0 aliphatic carbocycles. The molecule has 1 amide bonds. The van der Waals surface area contributed by atoms with E-state index in [-0.39, 0.29) is 29.7 Å². The van der Waals surface area contributed by atoms with Crippen molar-refractivity contribution in [3.63, 3.8) is 0 Å². The number of nitrogens with zero attached hydrogens (tertiary/aromatic N) is 3. The van der Waals surface area contributed by atoms with Gasteiger partial charge < -0.3 is 14.8 Å². The predicted molar refractivity (Wildman–Crippen MR) is 168 cm³/mol. The van der Waals surface area contributed by atoms with E-state index in [0.29, 0.717) is 34.3 Å². The molecule has 0 saturated heterocycles. The molecule has 0 atom stereocenters. The van der Waals surface area contributed by atoms with Crippen molar-refractivity contribution >= 4 is 49.4 Å². The lowest BCUT2D eigenvalue weighted by Crippen LogP contribution is -2.30. The Morgan fingerprint density at radius 3 is 2.48 bits per heavy atom. The Bertz CT molecular complexity index is 1780. The Balaban J connectivity index is 1.62. The molecule has 0 saturated carbocycles. The molecule has 0 aliphatic rings. The molecule has 10 nitrogen and oxygen atoms in total. The summed E-state index contributed by atoms with van der Waals surface area (Å²) in [6, 6.07) is 7.62. The Hall–Kier alpha value is -3.89. The van der Waals surface area contributed by atoms with Crippen LogP contribution in [0, 0.1) is 17.5 Å². The highest BCUT2D eigenvalue weighted by Gasteiger charge is 2.25. The summed E-state index contributed by atoms with van der Waals surface area (Å²) < 4.78 is 76.8. The van der Waals surface area contributed by atoms with E-state index >= 15 is 4.39 Å². The van der Waals surface area contributed by atoms with E-state index in [1.165, 1.54) is 35.7 Å². The molecular formula is C28H31F3N6O4S3. The van der Waals surface area contributed by atoms with E-state index in [4.69, 9.17) is 4.18 Å². The lowest BCUT2D eigenvalue weighted by molar-refractivity contribution is 0.207. The number of rotatable bonds is 11. The number of amides is 1. The third kappa shape index (κ3) is 8.18. The van der Waals surface area contributed by atoms with Gasteiger partial charge in [0.1, 0.15) is 16.5 Å². The number of aromatic nitrogens is 3. The molecule has 0 fully saturated rings. The largest absolute Gasteiger partial charge is 0.417 e. The maximum absolute atomic E-state index is 15.9. The van der Waals surface area contributed by atoms with Crippen LogP contribution >= 0.6 is 21.6 Å². The fourth-order valence-electron chi connectivity index (χ4n) is 3.78. The Morgan fingerprint density at radius 2 is 1.77 bits per heavy atom. The minimum absolute atomic E-state index is 0.0200. The lowest BCUT2D eigenvalue weighted by atomic mass is 10.1. The molecule has 16 heteroatoms. The van der Waals surface area contributed by atoms with E-state index < -0.39 is 54.5 Å². The molecule has 44 heavy (non-hydrogen) atoms. The number of benzene rings is 2. The van der Waals surface area contributed by atoms with Crippen LogP contribution in [0.25, 0.3) is 21.8 Å². The van der Waals surface area contributed by atoms with Crippen LogP contribution in [0.3, 0.4) is 0 Å². The summed E-state index contributed by atoms with van der Waals surface area (Å²) in [5, 5.41) is 6.35. The Labute approximate surface area is 259 Å².